The minimum atomic E-state index is -4.30. The normalized spacial score (nSPS) is 18.3. The Morgan fingerprint density at radius 1 is 1.26 bits per heavy atom. The van der Waals surface area contributed by atoms with E-state index in [1.807, 2.05) is 18.7 Å². The van der Waals surface area contributed by atoms with E-state index in [0.717, 1.165) is 0 Å². The summed E-state index contributed by atoms with van der Waals surface area (Å²) in [5.74, 6) is -0.208. The van der Waals surface area contributed by atoms with Crippen LogP contribution in [0.4, 0.5) is 18.9 Å². The molecule has 5 heterocycles. The topological polar surface area (TPSA) is 122 Å². The number of hydrogen-bond donors (Lipinski definition) is 1. The Morgan fingerprint density at radius 2 is 1.97 bits per heavy atom. The average molecular weight is 575 g/mol. The summed E-state index contributed by atoms with van der Waals surface area (Å²) in [4.78, 5) is 20.0. The summed E-state index contributed by atoms with van der Waals surface area (Å²) < 4.78 is 84.2. The van der Waals surface area contributed by atoms with Gasteiger partial charge in [0.15, 0.2) is 15.8 Å². The number of rotatable bonds is 8. The van der Waals surface area contributed by atoms with Crippen molar-refractivity contribution in [2.75, 3.05) is 51.0 Å². The van der Waals surface area contributed by atoms with E-state index in [4.69, 9.17) is 6.11 Å². The maximum absolute atomic E-state index is 13.7. The molecule has 38 heavy (non-hydrogen) atoms. The van der Waals surface area contributed by atoms with Crippen molar-refractivity contribution in [2.45, 2.75) is 30.7 Å². The van der Waals surface area contributed by atoms with Crippen LogP contribution in [0.2, 0.25) is 0 Å². The molecule has 1 N–H and O–H groups in total. The highest BCUT2D eigenvalue weighted by Gasteiger charge is 2.43. The summed E-state index contributed by atoms with van der Waals surface area (Å²) in [7, 11) is -4.30. The first kappa shape index (κ1) is 25.5. The highest BCUT2D eigenvalue weighted by molar-refractivity contribution is 7.89. The largest absolute Gasteiger partial charge is 0.377 e. The Kier molecular flexibility index (Phi) is 6.74. The predicted octanol–water partition coefficient (Wildman–Crippen LogP) is 2.11. The molecule has 11 nitrogen and oxygen atoms in total. The summed E-state index contributed by atoms with van der Waals surface area (Å²) in [6.45, 7) is 3.85. The maximum atomic E-state index is 13.7. The van der Waals surface area contributed by atoms with E-state index in [2.05, 4.69) is 19.9 Å². The van der Waals surface area contributed by atoms with E-state index in [9.17, 15) is 26.4 Å². The number of pyridine rings is 1. The van der Waals surface area contributed by atoms with Crippen molar-refractivity contribution in [1.29, 1.82) is 0 Å². The van der Waals surface area contributed by atoms with Gasteiger partial charge in [-0.25, -0.2) is 26.6 Å². The quantitative estimate of drug-likeness (QED) is 0.434. The molecule has 2 fully saturated rings. The first-order chi connectivity index (χ1) is 18.4. The number of ether oxygens (including phenoxy) is 1. The van der Waals surface area contributed by atoms with Crippen molar-refractivity contribution in [1.82, 2.24) is 29.2 Å². The minimum Gasteiger partial charge on any atom is -0.377 e. The van der Waals surface area contributed by atoms with E-state index in [1.54, 1.807) is 4.90 Å². The summed E-state index contributed by atoms with van der Waals surface area (Å²) in [5.41, 5.74) is -0.815. The second kappa shape index (κ2) is 10.1. The van der Waals surface area contributed by atoms with E-state index >= 15 is 0 Å². The van der Waals surface area contributed by atoms with Crippen LogP contribution in [0, 0.1) is 5.92 Å². The molecule has 0 atom stereocenters. The van der Waals surface area contributed by atoms with Crippen LogP contribution in [0.15, 0.2) is 23.3 Å². The lowest BCUT2D eigenvalue weighted by atomic mass is 10.0. The number of amides is 1. The fraction of sp³-hybridized carbons (Fsp3) is 0.545. The lowest BCUT2D eigenvalue weighted by Crippen LogP contribution is -2.63. The first-order valence-electron chi connectivity index (χ1n) is 12.3. The molecule has 5 rings (SSSR count). The van der Waals surface area contributed by atoms with Crippen molar-refractivity contribution < 1.29 is 32.5 Å². The lowest BCUT2D eigenvalue weighted by Gasteiger charge is -2.39. The molecule has 16 heteroatoms. The van der Waals surface area contributed by atoms with Gasteiger partial charge in [0.25, 0.3) is 6.43 Å². The van der Waals surface area contributed by atoms with Gasteiger partial charge in [-0.3, -0.25) is 9.20 Å². The minimum absolute atomic E-state index is 0.00140. The Morgan fingerprint density at radius 3 is 2.53 bits per heavy atom. The van der Waals surface area contributed by atoms with Crippen LogP contribution in [0.25, 0.3) is 16.3 Å². The number of aromatic nitrogens is 4. The number of nitrogens with one attached hydrogen (secondary N) is 1. The Balaban J connectivity index is 1.61. The smallest absolute Gasteiger partial charge is 0.291 e. The zero-order valence-corrected chi connectivity index (χ0v) is 22.2. The molecule has 0 saturated carbocycles. The molecular weight excluding hydrogens is 547 g/mol. The number of anilines is 1. The van der Waals surface area contributed by atoms with Gasteiger partial charge in [0.2, 0.25) is 15.9 Å². The first-order valence-corrected chi connectivity index (χ1v) is 14.1. The molecule has 1 amide bonds. The third-order valence-electron chi connectivity index (χ3n) is 6.43. The van der Waals surface area contributed by atoms with Crippen molar-refractivity contribution in [3.8, 4) is 10.8 Å². The van der Waals surface area contributed by atoms with Crippen LogP contribution in [-0.4, -0.2) is 90.4 Å². The van der Waals surface area contributed by atoms with Crippen LogP contribution in [-0.2, 0) is 19.6 Å². The Labute approximate surface area is 222 Å². The van der Waals surface area contributed by atoms with E-state index in [-0.39, 0.29) is 52.5 Å². The molecule has 2 saturated heterocycles. The van der Waals surface area contributed by atoms with Gasteiger partial charge < -0.3 is 14.5 Å². The maximum Gasteiger partial charge on any atom is 0.291 e. The average Bonchev–Trinajstić information content (AvgIpc) is 3.50. The van der Waals surface area contributed by atoms with Crippen LogP contribution in [0.3, 0.4) is 0 Å². The van der Waals surface area contributed by atoms with Crippen LogP contribution < -0.4 is 9.62 Å². The molecule has 0 unspecified atom stereocenters. The standard InChI is InChI=1S/C22H26F3N7O4S2/c1-13(2)21(33)31-5-3-30(4-6-31)15-7-14(38(34,35)29-22(10-23)11-36-12-22)9-32-16(15)8-26-18(32)20-28-27-19(37-20)17(24)25/h7-9,13,17,29H,3-6,10-12H2,1-2H3/i8D. The number of imidazole rings is 1. The third kappa shape index (κ3) is 4.85. The van der Waals surface area contributed by atoms with Gasteiger partial charge >= 0.3 is 0 Å². The SMILES string of the molecule is [2H]c1nc(-c2nnc(C(F)F)s2)n2cc(S(=O)(=O)NC3(CF)COC3)cc(N3CCN(C(=O)C(C)C)CC3)c12. The molecular formula is C22H26F3N7O4S2. The number of carbonyl (C=O) groups is 1. The zero-order valence-electron chi connectivity index (χ0n) is 21.5. The number of sulfonamides is 1. The summed E-state index contributed by atoms with van der Waals surface area (Å²) in [6, 6.07) is 1.37. The zero-order chi connectivity index (χ0) is 28.1. The molecule has 2 aliphatic heterocycles. The van der Waals surface area contributed by atoms with E-state index < -0.39 is 33.7 Å². The Bertz CT molecular complexity index is 1500. The second-order valence-corrected chi connectivity index (χ2v) is 12.2. The molecule has 3 aromatic heterocycles. The number of carbonyl (C=O) groups excluding carboxylic acids is 1. The highest BCUT2D eigenvalue weighted by Crippen LogP contribution is 2.34. The molecule has 2 aliphatic rings. The Hall–Kier alpha value is -2.82. The third-order valence-corrected chi connectivity index (χ3v) is 8.91. The number of halogens is 3. The predicted molar refractivity (Wildman–Crippen MR) is 133 cm³/mol. The van der Waals surface area contributed by atoms with Crippen LogP contribution in [0.1, 0.15) is 26.7 Å². The monoisotopic (exact) mass is 574 g/mol. The molecule has 0 aliphatic carbocycles. The second-order valence-electron chi connectivity index (χ2n) is 9.55. The highest BCUT2D eigenvalue weighted by atomic mass is 32.2. The molecule has 0 aromatic carbocycles. The fourth-order valence-electron chi connectivity index (χ4n) is 4.33. The van der Waals surface area contributed by atoms with Gasteiger partial charge in [-0.15, -0.1) is 10.2 Å². The number of hydrogen-bond acceptors (Lipinski definition) is 9. The van der Waals surface area contributed by atoms with Gasteiger partial charge in [-0.05, 0) is 6.07 Å². The number of fused-ring (bicyclic) bond motifs is 1. The van der Waals surface area contributed by atoms with Crippen LogP contribution >= 0.6 is 11.3 Å². The summed E-state index contributed by atoms with van der Waals surface area (Å²) in [6.07, 6.45) is -1.88. The summed E-state index contributed by atoms with van der Waals surface area (Å²) >= 11 is 0.582. The van der Waals surface area contributed by atoms with E-state index in [1.165, 1.54) is 16.7 Å². The van der Waals surface area contributed by atoms with Crippen molar-refractivity contribution in [3.63, 3.8) is 0 Å². The van der Waals surface area contributed by atoms with Crippen molar-refractivity contribution in [3.05, 3.63) is 23.4 Å². The molecule has 0 bridgehead atoms. The van der Waals surface area contributed by atoms with Crippen molar-refractivity contribution >= 4 is 38.5 Å². The number of alkyl halides is 3. The van der Waals surface area contributed by atoms with Gasteiger partial charge in [-0.2, -0.15) is 4.72 Å². The van der Waals surface area contributed by atoms with Crippen LogP contribution in [0.5, 0.6) is 0 Å². The van der Waals surface area contributed by atoms with Gasteiger partial charge in [0, 0.05) is 38.3 Å². The number of nitrogens with zero attached hydrogens (tertiary/aromatic N) is 6. The molecule has 206 valence electrons. The van der Waals surface area contributed by atoms with Gasteiger partial charge in [0.1, 0.15) is 17.1 Å². The lowest BCUT2D eigenvalue weighted by molar-refractivity contribution is -0.134. The molecule has 0 radical (unpaired) electrons. The summed E-state index contributed by atoms with van der Waals surface area (Å²) in [5, 5.41) is 6.69. The fourth-order valence-corrected chi connectivity index (χ4v) is 6.39. The van der Waals surface area contributed by atoms with E-state index in [0.29, 0.717) is 43.2 Å². The van der Waals surface area contributed by atoms with Crippen molar-refractivity contribution in [2.24, 2.45) is 5.92 Å². The molecule has 0 spiro atoms. The van der Waals surface area contributed by atoms with Gasteiger partial charge in [-0.1, -0.05) is 25.2 Å². The van der Waals surface area contributed by atoms with Gasteiger partial charge in [0.05, 0.1) is 32.0 Å². The molecule has 3 aromatic rings. The number of piperazine rings is 1.